The van der Waals surface area contributed by atoms with Gasteiger partial charge in [0.15, 0.2) is 0 Å². The molecule has 0 spiro atoms. The van der Waals surface area contributed by atoms with Gasteiger partial charge in [0.1, 0.15) is 6.29 Å². The van der Waals surface area contributed by atoms with Crippen LogP contribution in [0.3, 0.4) is 0 Å². The Labute approximate surface area is 71.0 Å². The van der Waals surface area contributed by atoms with Gasteiger partial charge in [-0.2, -0.15) is 0 Å². The molecule has 0 heterocycles. The predicted octanol–water partition coefficient (Wildman–Crippen LogP) is 2.77. The molecule has 0 bridgehead atoms. The first-order valence-corrected chi connectivity index (χ1v) is 3.75. The molecule has 0 aromatic heterocycles. The third kappa shape index (κ3) is 1.60. The van der Waals surface area contributed by atoms with Crippen molar-refractivity contribution in [3.63, 3.8) is 0 Å². The van der Waals surface area contributed by atoms with Gasteiger partial charge in [0, 0.05) is 10.6 Å². The summed E-state index contributed by atoms with van der Waals surface area (Å²) >= 11 is 5.89. The number of hydrogen-bond donors (Lipinski definition) is 0. The summed E-state index contributed by atoms with van der Waals surface area (Å²) in [4.78, 5) is 10.4. The predicted molar refractivity (Wildman–Crippen MR) is 46.3 cm³/mol. The first kappa shape index (κ1) is 8.28. The SMILES string of the molecule is Cc1cc(C=O)cc(C)c1Cl. The Morgan fingerprint density at radius 1 is 1.27 bits per heavy atom. The van der Waals surface area contributed by atoms with E-state index in [4.69, 9.17) is 11.6 Å². The average Bonchev–Trinajstić information content (AvgIpc) is 1.99. The maximum atomic E-state index is 10.4. The molecular formula is C9H9ClO. The maximum Gasteiger partial charge on any atom is 0.150 e. The molecule has 1 aromatic carbocycles. The van der Waals surface area contributed by atoms with E-state index in [9.17, 15) is 4.79 Å². The van der Waals surface area contributed by atoms with Gasteiger partial charge in [-0.1, -0.05) is 11.6 Å². The molecule has 0 aliphatic heterocycles. The Kier molecular flexibility index (Phi) is 2.30. The van der Waals surface area contributed by atoms with Gasteiger partial charge >= 0.3 is 0 Å². The highest BCUT2D eigenvalue weighted by atomic mass is 35.5. The summed E-state index contributed by atoms with van der Waals surface area (Å²) in [6, 6.07) is 3.56. The standard InChI is InChI=1S/C9H9ClO/c1-6-3-8(5-11)4-7(2)9(6)10/h3-5H,1-2H3. The Morgan fingerprint density at radius 3 is 2.09 bits per heavy atom. The summed E-state index contributed by atoms with van der Waals surface area (Å²) in [6.45, 7) is 3.78. The third-order valence-corrected chi connectivity index (χ3v) is 2.19. The van der Waals surface area contributed by atoms with Crippen LogP contribution in [0.4, 0.5) is 0 Å². The third-order valence-electron chi connectivity index (χ3n) is 1.59. The second kappa shape index (κ2) is 3.05. The van der Waals surface area contributed by atoms with E-state index in [1.807, 2.05) is 13.8 Å². The quantitative estimate of drug-likeness (QED) is 0.590. The highest BCUT2D eigenvalue weighted by Crippen LogP contribution is 2.20. The highest BCUT2D eigenvalue weighted by molar-refractivity contribution is 6.32. The number of carbonyl (C=O) groups excluding carboxylic acids is 1. The van der Waals surface area contributed by atoms with Crippen LogP contribution in [0.5, 0.6) is 0 Å². The van der Waals surface area contributed by atoms with Gasteiger partial charge < -0.3 is 0 Å². The summed E-state index contributed by atoms with van der Waals surface area (Å²) < 4.78 is 0. The van der Waals surface area contributed by atoms with E-state index in [0.29, 0.717) is 5.56 Å². The molecule has 0 atom stereocenters. The Bertz CT molecular complexity index is 269. The molecule has 0 N–H and O–H groups in total. The van der Waals surface area contributed by atoms with Crippen molar-refractivity contribution in [1.29, 1.82) is 0 Å². The van der Waals surface area contributed by atoms with Crippen LogP contribution in [0.15, 0.2) is 12.1 Å². The van der Waals surface area contributed by atoms with Crippen LogP contribution in [0.25, 0.3) is 0 Å². The first-order valence-electron chi connectivity index (χ1n) is 3.37. The van der Waals surface area contributed by atoms with Crippen LogP contribution in [0, 0.1) is 13.8 Å². The van der Waals surface area contributed by atoms with Gasteiger partial charge in [0.2, 0.25) is 0 Å². The molecule has 1 aromatic rings. The van der Waals surface area contributed by atoms with E-state index in [1.54, 1.807) is 12.1 Å². The summed E-state index contributed by atoms with van der Waals surface area (Å²) in [5.41, 5.74) is 2.59. The molecule has 2 heteroatoms. The van der Waals surface area contributed by atoms with Crippen LogP contribution in [0.2, 0.25) is 5.02 Å². The van der Waals surface area contributed by atoms with Crippen molar-refractivity contribution in [2.24, 2.45) is 0 Å². The minimum absolute atomic E-state index is 0.685. The molecule has 0 radical (unpaired) electrons. The number of carbonyl (C=O) groups is 1. The zero-order valence-corrected chi connectivity index (χ0v) is 7.27. The van der Waals surface area contributed by atoms with Gasteiger partial charge in [-0.15, -0.1) is 0 Å². The smallest absolute Gasteiger partial charge is 0.150 e. The van der Waals surface area contributed by atoms with Gasteiger partial charge in [-0.3, -0.25) is 4.79 Å². The number of rotatable bonds is 1. The van der Waals surface area contributed by atoms with Gasteiger partial charge in [-0.05, 0) is 37.1 Å². The molecule has 0 amide bonds. The Morgan fingerprint density at radius 2 is 1.73 bits per heavy atom. The molecule has 1 rings (SSSR count). The molecule has 0 saturated heterocycles. The van der Waals surface area contributed by atoms with Crippen LogP contribution in [-0.4, -0.2) is 6.29 Å². The van der Waals surface area contributed by atoms with Crippen molar-refractivity contribution in [3.8, 4) is 0 Å². The molecule has 0 aliphatic carbocycles. The lowest BCUT2D eigenvalue weighted by atomic mass is 10.1. The van der Waals surface area contributed by atoms with Crippen LogP contribution < -0.4 is 0 Å². The van der Waals surface area contributed by atoms with Gasteiger partial charge in [0.25, 0.3) is 0 Å². The van der Waals surface area contributed by atoms with E-state index in [0.717, 1.165) is 22.4 Å². The first-order chi connectivity index (χ1) is 5.15. The Hall–Kier alpha value is -0.820. The fourth-order valence-corrected chi connectivity index (χ4v) is 1.16. The number of hydrogen-bond acceptors (Lipinski definition) is 1. The lowest BCUT2D eigenvalue weighted by Gasteiger charge is -2.02. The molecular weight excluding hydrogens is 160 g/mol. The fourth-order valence-electron chi connectivity index (χ4n) is 1.05. The van der Waals surface area contributed by atoms with Crippen molar-refractivity contribution in [1.82, 2.24) is 0 Å². The zero-order valence-electron chi connectivity index (χ0n) is 6.52. The van der Waals surface area contributed by atoms with E-state index >= 15 is 0 Å². The number of benzene rings is 1. The summed E-state index contributed by atoms with van der Waals surface area (Å²) in [7, 11) is 0. The van der Waals surface area contributed by atoms with Crippen molar-refractivity contribution in [2.45, 2.75) is 13.8 Å². The molecule has 58 valence electrons. The van der Waals surface area contributed by atoms with Crippen LogP contribution >= 0.6 is 11.6 Å². The minimum atomic E-state index is 0.685. The fraction of sp³-hybridized carbons (Fsp3) is 0.222. The van der Waals surface area contributed by atoms with E-state index < -0.39 is 0 Å². The molecule has 0 unspecified atom stereocenters. The van der Waals surface area contributed by atoms with Crippen LogP contribution in [0.1, 0.15) is 21.5 Å². The topological polar surface area (TPSA) is 17.1 Å². The van der Waals surface area contributed by atoms with Crippen molar-refractivity contribution < 1.29 is 4.79 Å². The summed E-state index contributed by atoms with van der Waals surface area (Å²) in [6.07, 6.45) is 0.830. The van der Waals surface area contributed by atoms with Gasteiger partial charge in [-0.25, -0.2) is 0 Å². The maximum absolute atomic E-state index is 10.4. The highest BCUT2D eigenvalue weighted by Gasteiger charge is 2.00. The normalized spacial score (nSPS) is 9.73. The lowest BCUT2D eigenvalue weighted by Crippen LogP contribution is -1.86. The summed E-state index contributed by atoms with van der Waals surface area (Å²) in [5.74, 6) is 0. The molecule has 0 saturated carbocycles. The molecule has 1 nitrogen and oxygen atoms in total. The van der Waals surface area contributed by atoms with E-state index in [2.05, 4.69) is 0 Å². The number of aldehydes is 1. The second-order valence-electron chi connectivity index (χ2n) is 2.59. The monoisotopic (exact) mass is 168 g/mol. The van der Waals surface area contributed by atoms with Crippen molar-refractivity contribution >= 4 is 17.9 Å². The Balaban J connectivity index is 3.31. The molecule has 0 aliphatic rings. The average molecular weight is 169 g/mol. The van der Waals surface area contributed by atoms with E-state index in [1.165, 1.54) is 0 Å². The zero-order chi connectivity index (χ0) is 8.43. The number of halogens is 1. The second-order valence-corrected chi connectivity index (χ2v) is 2.96. The molecule has 0 fully saturated rings. The largest absolute Gasteiger partial charge is 0.298 e. The lowest BCUT2D eigenvalue weighted by molar-refractivity contribution is 0.112. The van der Waals surface area contributed by atoms with Crippen LogP contribution in [-0.2, 0) is 0 Å². The van der Waals surface area contributed by atoms with E-state index in [-0.39, 0.29) is 0 Å². The summed E-state index contributed by atoms with van der Waals surface area (Å²) in [5, 5.41) is 0.746. The molecule has 11 heavy (non-hydrogen) atoms. The van der Waals surface area contributed by atoms with Crippen molar-refractivity contribution in [2.75, 3.05) is 0 Å². The number of aryl methyl sites for hydroxylation is 2. The minimum Gasteiger partial charge on any atom is -0.298 e. The van der Waals surface area contributed by atoms with Gasteiger partial charge in [0.05, 0.1) is 0 Å². The van der Waals surface area contributed by atoms with Crippen molar-refractivity contribution in [3.05, 3.63) is 33.8 Å².